The summed E-state index contributed by atoms with van der Waals surface area (Å²) in [5, 5.41) is 1.06. The van der Waals surface area contributed by atoms with Crippen molar-refractivity contribution in [3.63, 3.8) is 0 Å². The predicted octanol–water partition coefficient (Wildman–Crippen LogP) is 3.60. The summed E-state index contributed by atoms with van der Waals surface area (Å²) in [5.41, 5.74) is 1.97. The van der Waals surface area contributed by atoms with Crippen molar-refractivity contribution in [3.8, 4) is 5.75 Å². The molecular weight excluding hydrogens is 294 g/mol. The molecule has 0 aliphatic rings. The summed E-state index contributed by atoms with van der Waals surface area (Å²) in [5.74, 6) is 2.07. The molecule has 0 radical (unpaired) electrons. The zero-order chi connectivity index (χ0) is 14.1. The zero-order valence-corrected chi connectivity index (χ0v) is 12.8. The first kappa shape index (κ1) is 13.4. The number of rotatable bonds is 4. The highest BCUT2D eigenvalue weighted by Crippen LogP contribution is 2.25. The highest BCUT2D eigenvalue weighted by atomic mass is 35.5. The molecule has 0 saturated heterocycles. The number of thiazole rings is 1. The Balaban J connectivity index is 2.10. The molecular formula is C14H14ClN3OS. The summed E-state index contributed by atoms with van der Waals surface area (Å²) in [4.78, 5) is 10.1. The average molecular weight is 308 g/mol. The quantitative estimate of drug-likeness (QED) is 0.691. The lowest BCUT2D eigenvalue weighted by Crippen LogP contribution is -2.02. The van der Waals surface area contributed by atoms with Crippen LogP contribution in [0.1, 0.15) is 15.7 Å². The number of benzene rings is 1. The second-order valence-corrected chi connectivity index (χ2v) is 6.03. The van der Waals surface area contributed by atoms with Crippen molar-refractivity contribution in [2.45, 2.75) is 19.3 Å². The van der Waals surface area contributed by atoms with E-state index >= 15 is 0 Å². The van der Waals surface area contributed by atoms with Crippen LogP contribution in [-0.4, -0.2) is 21.6 Å². The van der Waals surface area contributed by atoms with E-state index in [0.717, 1.165) is 34.2 Å². The van der Waals surface area contributed by atoms with E-state index in [2.05, 4.69) is 14.5 Å². The predicted molar refractivity (Wildman–Crippen MR) is 81.8 cm³/mol. The molecule has 0 unspecified atom stereocenters. The molecule has 104 valence electrons. The van der Waals surface area contributed by atoms with Crippen molar-refractivity contribution < 1.29 is 4.74 Å². The van der Waals surface area contributed by atoms with Gasteiger partial charge in [-0.3, -0.25) is 0 Å². The van der Waals surface area contributed by atoms with Crippen LogP contribution < -0.4 is 4.74 Å². The number of aromatic nitrogens is 3. The number of methoxy groups -OCH3 is 1. The summed E-state index contributed by atoms with van der Waals surface area (Å²) < 4.78 is 7.41. The van der Waals surface area contributed by atoms with Gasteiger partial charge in [0.05, 0.1) is 35.6 Å². The highest BCUT2D eigenvalue weighted by Gasteiger charge is 2.12. The Hall–Kier alpha value is -1.59. The molecule has 0 bridgehead atoms. The minimum absolute atomic E-state index is 0.384. The third kappa shape index (κ3) is 2.39. The molecule has 3 rings (SSSR count). The average Bonchev–Trinajstić information content (AvgIpc) is 3.03. The molecule has 0 amide bonds. The number of aryl methyl sites for hydroxylation is 1. The number of fused-ring (bicyclic) bond motifs is 1. The van der Waals surface area contributed by atoms with Gasteiger partial charge in [0, 0.05) is 17.1 Å². The second kappa shape index (κ2) is 5.42. The largest absolute Gasteiger partial charge is 0.497 e. The van der Waals surface area contributed by atoms with Crippen molar-refractivity contribution in [1.29, 1.82) is 0 Å². The minimum atomic E-state index is 0.384. The molecule has 0 atom stereocenters. The van der Waals surface area contributed by atoms with E-state index in [9.17, 15) is 0 Å². The second-order valence-electron chi connectivity index (χ2n) is 4.45. The molecule has 0 N–H and O–H groups in total. The lowest BCUT2D eigenvalue weighted by atomic mass is 10.3. The van der Waals surface area contributed by atoms with Crippen LogP contribution in [-0.2, 0) is 12.4 Å². The van der Waals surface area contributed by atoms with Crippen molar-refractivity contribution in [3.05, 3.63) is 40.1 Å². The van der Waals surface area contributed by atoms with E-state index < -0.39 is 0 Å². The van der Waals surface area contributed by atoms with Crippen molar-refractivity contribution >= 4 is 34.0 Å². The van der Waals surface area contributed by atoms with E-state index in [0.29, 0.717) is 5.88 Å². The smallest absolute Gasteiger partial charge is 0.125 e. The summed E-state index contributed by atoms with van der Waals surface area (Å²) in [6.07, 6.45) is 1.91. The monoisotopic (exact) mass is 307 g/mol. The molecule has 0 aliphatic carbocycles. The summed E-state index contributed by atoms with van der Waals surface area (Å²) >= 11 is 7.71. The fourth-order valence-electron chi connectivity index (χ4n) is 2.19. The van der Waals surface area contributed by atoms with Gasteiger partial charge in [0.15, 0.2) is 0 Å². The molecule has 0 saturated carbocycles. The van der Waals surface area contributed by atoms with Gasteiger partial charge in [0.2, 0.25) is 0 Å². The molecule has 3 aromatic rings. The maximum Gasteiger partial charge on any atom is 0.125 e. The van der Waals surface area contributed by atoms with Crippen LogP contribution in [0.2, 0.25) is 0 Å². The fraction of sp³-hybridized carbons (Fsp3) is 0.286. The zero-order valence-electron chi connectivity index (χ0n) is 11.3. The molecule has 1 aromatic carbocycles. The van der Waals surface area contributed by atoms with E-state index in [1.807, 2.05) is 31.3 Å². The first-order chi connectivity index (χ1) is 9.71. The molecule has 2 aromatic heterocycles. The van der Waals surface area contributed by atoms with Crippen LogP contribution >= 0.6 is 22.9 Å². The van der Waals surface area contributed by atoms with Crippen LogP contribution in [0.25, 0.3) is 11.0 Å². The maximum atomic E-state index is 6.02. The van der Waals surface area contributed by atoms with E-state index in [4.69, 9.17) is 16.3 Å². The van der Waals surface area contributed by atoms with Crippen molar-refractivity contribution in [2.75, 3.05) is 7.11 Å². The molecule has 0 spiro atoms. The van der Waals surface area contributed by atoms with Crippen LogP contribution in [0.4, 0.5) is 0 Å². The molecule has 0 aliphatic heterocycles. The van der Waals surface area contributed by atoms with Crippen LogP contribution in [0.5, 0.6) is 5.75 Å². The Labute approximate surface area is 126 Å². The van der Waals surface area contributed by atoms with Gasteiger partial charge in [-0.25, -0.2) is 9.97 Å². The molecule has 20 heavy (non-hydrogen) atoms. The van der Waals surface area contributed by atoms with Gasteiger partial charge in [-0.2, -0.15) is 0 Å². The molecule has 2 heterocycles. The molecule has 6 heteroatoms. The van der Waals surface area contributed by atoms with E-state index in [1.54, 1.807) is 18.4 Å². The van der Waals surface area contributed by atoms with Gasteiger partial charge in [0.25, 0.3) is 0 Å². The SMILES string of the molecule is COc1ccc2nc(CCl)n(Cc3cnc(C)s3)c2c1. The van der Waals surface area contributed by atoms with Crippen molar-refractivity contribution in [1.82, 2.24) is 14.5 Å². The van der Waals surface area contributed by atoms with Gasteiger partial charge in [0.1, 0.15) is 11.6 Å². The standard InChI is InChI=1S/C14H14ClN3OS/c1-9-16-7-11(20-9)8-18-13-5-10(19-2)3-4-12(13)17-14(18)6-15/h3-5,7H,6,8H2,1-2H3. The lowest BCUT2D eigenvalue weighted by Gasteiger charge is -2.06. The molecule has 4 nitrogen and oxygen atoms in total. The molecule has 0 fully saturated rings. The number of alkyl halides is 1. The maximum absolute atomic E-state index is 6.02. The topological polar surface area (TPSA) is 39.9 Å². The Bertz CT molecular complexity index is 750. The fourth-order valence-corrected chi connectivity index (χ4v) is 3.18. The van der Waals surface area contributed by atoms with E-state index in [-0.39, 0.29) is 0 Å². The minimum Gasteiger partial charge on any atom is -0.497 e. The Kier molecular flexibility index (Phi) is 3.63. The van der Waals surface area contributed by atoms with Gasteiger partial charge >= 0.3 is 0 Å². The number of imidazole rings is 1. The van der Waals surface area contributed by atoms with Gasteiger partial charge in [-0.05, 0) is 19.1 Å². The summed E-state index contributed by atoms with van der Waals surface area (Å²) in [6.45, 7) is 2.74. The first-order valence-corrected chi connectivity index (χ1v) is 7.57. The Morgan fingerprint density at radius 2 is 2.25 bits per heavy atom. The lowest BCUT2D eigenvalue weighted by molar-refractivity contribution is 0.415. The van der Waals surface area contributed by atoms with Crippen molar-refractivity contribution in [2.24, 2.45) is 0 Å². The highest BCUT2D eigenvalue weighted by molar-refractivity contribution is 7.11. The first-order valence-electron chi connectivity index (χ1n) is 6.21. The number of nitrogens with zero attached hydrogens (tertiary/aromatic N) is 3. The number of ether oxygens (including phenoxy) is 1. The normalized spacial score (nSPS) is 11.2. The van der Waals surface area contributed by atoms with Crippen LogP contribution in [0.15, 0.2) is 24.4 Å². The van der Waals surface area contributed by atoms with Gasteiger partial charge < -0.3 is 9.30 Å². The summed E-state index contributed by atoms with van der Waals surface area (Å²) in [6, 6.07) is 5.86. The van der Waals surface area contributed by atoms with Gasteiger partial charge in [-0.15, -0.1) is 22.9 Å². The van der Waals surface area contributed by atoms with Crippen LogP contribution in [0, 0.1) is 6.92 Å². The number of hydrogen-bond donors (Lipinski definition) is 0. The van der Waals surface area contributed by atoms with Crippen LogP contribution in [0.3, 0.4) is 0 Å². The Morgan fingerprint density at radius 3 is 2.90 bits per heavy atom. The van der Waals surface area contributed by atoms with E-state index in [1.165, 1.54) is 4.88 Å². The Morgan fingerprint density at radius 1 is 1.40 bits per heavy atom. The van der Waals surface area contributed by atoms with Gasteiger partial charge in [-0.1, -0.05) is 0 Å². The number of hydrogen-bond acceptors (Lipinski definition) is 4. The third-order valence-corrected chi connectivity index (χ3v) is 4.27. The number of halogens is 1. The summed E-state index contributed by atoms with van der Waals surface area (Å²) in [7, 11) is 1.66. The third-order valence-electron chi connectivity index (χ3n) is 3.14.